The van der Waals surface area contributed by atoms with Gasteiger partial charge < -0.3 is 19.3 Å². The fourth-order valence-corrected chi connectivity index (χ4v) is 4.44. The molecule has 0 spiro atoms. The minimum atomic E-state index is -0.998. The highest BCUT2D eigenvalue weighted by Gasteiger charge is 2.56. The summed E-state index contributed by atoms with van der Waals surface area (Å²) < 4.78 is 11.0. The van der Waals surface area contributed by atoms with Crippen molar-refractivity contribution in [2.45, 2.75) is 65.2 Å². The first-order valence-corrected chi connectivity index (χ1v) is 13.3. The zero-order valence-corrected chi connectivity index (χ0v) is 22.4. The van der Waals surface area contributed by atoms with Gasteiger partial charge in [0, 0.05) is 26.2 Å². The van der Waals surface area contributed by atoms with Gasteiger partial charge in [0.25, 0.3) is 0 Å². The first-order valence-electron chi connectivity index (χ1n) is 13.3. The number of benzene rings is 1. The predicted molar refractivity (Wildman–Crippen MR) is 137 cm³/mol. The van der Waals surface area contributed by atoms with E-state index in [0.29, 0.717) is 25.7 Å². The lowest BCUT2D eigenvalue weighted by molar-refractivity contribution is -0.242. The van der Waals surface area contributed by atoms with Crippen LogP contribution >= 0.6 is 0 Å². The van der Waals surface area contributed by atoms with Crippen LogP contribution in [0, 0.1) is 11.8 Å². The van der Waals surface area contributed by atoms with Gasteiger partial charge in [0.2, 0.25) is 5.91 Å². The molecule has 0 radical (unpaired) electrons. The van der Waals surface area contributed by atoms with E-state index in [1.54, 1.807) is 4.90 Å². The van der Waals surface area contributed by atoms with Crippen LogP contribution < -0.4 is 0 Å². The average Bonchev–Trinajstić information content (AvgIpc) is 2.92. The van der Waals surface area contributed by atoms with Gasteiger partial charge in [-0.25, -0.2) is 24.2 Å². The maximum Gasteiger partial charge on any atom is 0.410 e. The van der Waals surface area contributed by atoms with Crippen molar-refractivity contribution in [2.75, 3.05) is 32.8 Å². The number of ether oxygens (including phenoxy) is 2. The van der Waals surface area contributed by atoms with E-state index in [1.165, 1.54) is 4.90 Å². The number of urea groups is 1. The summed E-state index contributed by atoms with van der Waals surface area (Å²) >= 11 is 0. The normalized spacial score (nSPS) is 20.2. The van der Waals surface area contributed by atoms with Crippen LogP contribution in [0.2, 0.25) is 0 Å². The van der Waals surface area contributed by atoms with E-state index in [2.05, 4.69) is 4.89 Å². The maximum absolute atomic E-state index is 13.3. The van der Waals surface area contributed by atoms with Crippen molar-refractivity contribution in [1.29, 1.82) is 0 Å². The number of hydrogen-bond acceptors (Lipinski definition) is 8. The van der Waals surface area contributed by atoms with E-state index < -0.39 is 36.0 Å². The second kappa shape index (κ2) is 14.1. The van der Waals surface area contributed by atoms with Gasteiger partial charge in [0.15, 0.2) is 6.04 Å². The number of imide groups is 1. The van der Waals surface area contributed by atoms with Crippen molar-refractivity contribution in [1.82, 2.24) is 14.7 Å². The zero-order chi connectivity index (χ0) is 27.7. The average molecular weight is 534 g/mol. The lowest BCUT2D eigenvalue weighted by Gasteiger charge is -2.46. The van der Waals surface area contributed by atoms with Crippen molar-refractivity contribution >= 4 is 24.0 Å². The number of esters is 1. The molecule has 11 nitrogen and oxygen atoms in total. The molecule has 38 heavy (non-hydrogen) atoms. The third-order valence-electron chi connectivity index (χ3n) is 7.17. The smallest absolute Gasteiger partial charge is 0.410 e. The fraction of sp³-hybridized carbons (Fsp3) is 0.630. The van der Waals surface area contributed by atoms with Crippen molar-refractivity contribution in [3.8, 4) is 0 Å². The standard InChI is InChI=1S/C27H39N3O8/c1-19(2)20(3)38-27(34)29-15-13-28(14-16-29)26(33)30-23(22(24(30)31)12-8-5-9-17-37-35)25(32)36-18-21-10-6-4-7-11-21/h4,6-7,10-11,19-20,22-23,35H,5,8-9,12-18H2,1-3H3/t20?,22-,23?/m1/s1. The van der Waals surface area contributed by atoms with Crippen LogP contribution in [0.4, 0.5) is 9.59 Å². The quantitative estimate of drug-likeness (QED) is 0.151. The lowest BCUT2D eigenvalue weighted by atomic mass is 9.83. The Hall–Kier alpha value is -3.18. The van der Waals surface area contributed by atoms with Gasteiger partial charge in [0.1, 0.15) is 12.7 Å². The molecule has 2 saturated heterocycles. The van der Waals surface area contributed by atoms with Crippen LogP contribution in [0.5, 0.6) is 0 Å². The second-order valence-electron chi connectivity index (χ2n) is 10.1. The molecule has 2 aliphatic rings. The van der Waals surface area contributed by atoms with Crippen LogP contribution in [0.25, 0.3) is 0 Å². The van der Waals surface area contributed by atoms with E-state index in [9.17, 15) is 19.2 Å². The summed E-state index contributed by atoms with van der Waals surface area (Å²) in [6.45, 7) is 7.02. The van der Waals surface area contributed by atoms with Crippen LogP contribution in [-0.2, 0) is 30.6 Å². The summed E-state index contributed by atoms with van der Waals surface area (Å²) in [6, 6.07) is 7.64. The first kappa shape index (κ1) is 29.4. The van der Waals surface area contributed by atoms with Crippen LogP contribution in [0.15, 0.2) is 30.3 Å². The molecule has 0 aromatic heterocycles. The Morgan fingerprint density at radius 2 is 1.63 bits per heavy atom. The number of hydrogen-bond donors (Lipinski definition) is 1. The molecule has 2 fully saturated rings. The Morgan fingerprint density at radius 1 is 0.974 bits per heavy atom. The number of carbonyl (C=O) groups is 4. The third-order valence-corrected chi connectivity index (χ3v) is 7.17. The highest BCUT2D eigenvalue weighted by atomic mass is 17.1. The minimum Gasteiger partial charge on any atom is -0.459 e. The minimum absolute atomic E-state index is 0.0442. The SMILES string of the molecule is CC(C)C(C)OC(=O)N1CCN(C(=O)N2C(=O)[C@H](CCCCCOO)C2C(=O)OCc2ccccc2)CC1. The van der Waals surface area contributed by atoms with Gasteiger partial charge in [-0.15, -0.1) is 0 Å². The van der Waals surface area contributed by atoms with E-state index >= 15 is 0 Å². The number of unbranched alkanes of at least 4 members (excludes halogenated alkanes) is 2. The molecular formula is C27H39N3O8. The van der Waals surface area contributed by atoms with Crippen molar-refractivity contribution < 1.29 is 38.8 Å². The topological polar surface area (TPSA) is 126 Å². The van der Waals surface area contributed by atoms with Gasteiger partial charge in [-0.2, -0.15) is 0 Å². The number of carbonyl (C=O) groups excluding carboxylic acids is 4. The van der Waals surface area contributed by atoms with Crippen molar-refractivity contribution in [3.05, 3.63) is 35.9 Å². The number of rotatable bonds is 11. The molecule has 1 aromatic carbocycles. The van der Waals surface area contributed by atoms with Gasteiger partial charge >= 0.3 is 18.1 Å². The number of β-lactam (4-membered cyclic amide) rings is 1. The number of amides is 4. The number of likely N-dealkylation sites (tertiary alicyclic amines) is 1. The van der Waals surface area contributed by atoms with Gasteiger partial charge in [-0.1, -0.05) is 57.0 Å². The number of piperazine rings is 1. The molecule has 0 aliphatic carbocycles. The molecule has 0 saturated carbocycles. The summed E-state index contributed by atoms with van der Waals surface area (Å²) in [5, 5.41) is 8.48. The number of nitrogens with zero attached hydrogens (tertiary/aromatic N) is 3. The van der Waals surface area contributed by atoms with E-state index in [4.69, 9.17) is 14.7 Å². The van der Waals surface area contributed by atoms with Gasteiger partial charge in [-0.05, 0) is 31.2 Å². The summed E-state index contributed by atoms with van der Waals surface area (Å²) in [5.74, 6) is -1.47. The third kappa shape index (κ3) is 7.44. The van der Waals surface area contributed by atoms with E-state index in [0.717, 1.165) is 10.5 Å². The van der Waals surface area contributed by atoms with Crippen molar-refractivity contribution in [3.63, 3.8) is 0 Å². The zero-order valence-electron chi connectivity index (χ0n) is 22.4. The fourth-order valence-electron chi connectivity index (χ4n) is 4.44. The summed E-state index contributed by atoms with van der Waals surface area (Å²) in [5.41, 5.74) is 0.805. The molecule has 3 atom stereocenters. The molecule has 210 valence electrons. The summed E-state index contributed by atoms with van der Waals surface area (Å²) in [7, 11) is 0. The molecule has 2 heterocycles. The predicted octanol–water partition coefficient (Wildman–Crippen LogP) is 3.53. The maximum atomic E-state index is 13.3. The molecule has 3 rings (SSSR count). The Labute approximate surface area is 223 Å². The Balaban J connectivity index is 1.60. The van der Waals surface area contributed by atoms with E-state index in [1.807, 2.05) is 51.1 Å². The van der Waals surface area contributed by atoms with Gasteiger partial charge in [-0.3, -0.25) is 10.1 Å². The molecule has 11 heteroatoms. The monoisotopic (exact) mass is 533 g/mol. The van der Waals surface area contributed by atoms with Crippen LogP contribution in [-0.4, -0.2) is 88.9 Å². The lowest BCUT2D eigenvalue weighted by Crippen LogP contribution is -2.69. The summed E-state index contributed by atoms with van der Waals surface area (Å²) in [4.78, 5) is 60.0. The molecule has 0 bridgehead atoms. The van der Waals surface area contributed by atoms with Gasteiger partial charge in [0.05, 0.1) is 12.5 Å². The highest BCUT2D eigenvalue weighted by molar-refractivity contribution is 6.07. The first-order chi connectivity index (χ1) is 18.2. The molecule has 4 amide bonds. The Kier molecular flexibility index (Phi) is 10.9. The molecule has 2 unspecified atom stereocenters. The highest BCUT2D eigenvalue weighted by Crippen LogP contribution is 2.34. The molecular weight excluding hydrogens is 494 g/mol. The Bertz CT molecular complexity index is 949. The van der Waals surface area contributed by atoms with Crippen molar-refractivity contribution in [2.24, 2.45) is 11.8 Å². The Morgan fingerprint density at radius 3 is 2.26 bits per heavy atom. The molecule has 1 N–H and O–H groups in total. The van der Waals surface area contributed by atoms with Crippen LogP contribution in [0.1, 0.15) is 52.0 Å². The second-order valence-corrected chi connectivity index (χ2v) is 10.1. The molecule has 1 aromatic rings. The summed E-state index contributed by atoms with van der Waals surface area (Å²) in [6.07, 6.45) is 1.74. The molecule has 2 aliphatic heterocycles. The van der Waals surface area contributed by atoms with E-state index in [-0.39, 0.29) is 51.4 Å². The largest absolute Gasteiger partial charge is 0.459 e. The van der Waals surface area contributed by atoms with Crippen LogP contribution in [0.3, 0.4) is 0 Å².